The average molecular weight is 236 g/mol. The van der Waals surface area contributed by atoms with Gasteiger partial charge in [-0.25, -0.2) is 4.98 Å². The summed E-state index contributed by atoms with van der Waals surface area (Å²) in [6.07, 6.45) is 2.76. The van der Waals surface area contributed by atoms with E-state index in [-0.39, 0.29) is 0 Å². The minimum atomic E-state index is 0.690. The summed E-state index contributed by atoms with van der Waals surface area (Å²) in [5.41, 5.74) is 6.89. The van der Waals surface area contributed by atoms with Gasteiger partial charge in [0.15, 0.2) is 4.34 Å². The molecule has 1 heterocycles. The maximum Gasteiger partial charge on any atom is 0.154 e. The standard InChI is InChI=1S/C11H12N2S2/c12-6-5-9-3-1-2-4-10(9)15-11-13-7-8-14-11/h1-4,7-8H,5-6,12H2. The molecule has 0 atom stereocenters. The number of benzene rings is 1. The summed E-state index contributed by atoms with van der Waals surface area (Å²) in [6, 6.07) is 8.35. The van der Waals surface area contributed by atoms with Crippen LogP contribution in [0.2, 0.25) is 0 Å². The molecule has 0 unspecified atom stereocenters. The Kier molecular flexibility index (Phi) is 3.77. The van der Waals surface area contributed by atoms with Crippen LogP contribution < -0.4 is 5.73 Å². The Balaban J connectivity index is 2.20. The van der Waals surface area contributed by atoms with E-state index in [1.165, 1.54) is 10.5 Å². The van der Waals surface area contributed by atoms with Crippen molar-refractivity contribution in [2.75, 3.05) is 6.54 Å². The molecule has 1 aromatic carbocycles. The molecule has 0 aliphatic heterocycles. The zero-order valence-electron chi connectivity index (χ0n) is 8.22. The van der Waals surface area contributed by atoms with Gasteiger partial charge in [-0.15, -0.1) is 11.3 Å². The van der Waals surface area contributed by atoms with Gasteiger partial charge in [0.05, 0.1) is 0 Å². The fourth-order valence-electron chi connectivity index (χ4n) is 1.32. The third kappa shape index (κ3) is 2.81. The van der Waals surface area contributed by atoms with Crippen LogP contribution in [0.5, 0.6) is 0 Å². The summed E-state index contributed by atoms with van der Waals surface area (Å²) < 4.78 is 1.08. The van der Waals surface area contributed by atoms with Crippen LogP contribution in [0.25, 0.3) is 0 Å². The fourth-order valence-corrected chi connectivity index (χ4v) is 3.06. The highest BCUT2D eigenvalue weighted by Crippen LogP contribution is 2.31. The molecule has 0 aliphatic carbocycles. The lowest BCUT2D eigenvalue weighted by Gasteiger charge is -2.05. The van der Waals surface area contributed by atoms with Crippen LogP contribution in [-0.2, 0) is 6.42 Å². The molecule has 78 valence electrons. The zero-order chi connectivity index (χ0) is 10.5. The number of nitrogens with zero attached hydrogens (tertiary/aromatic N) is 1. The van der Waals surface area contributed by atoms with Crippen molar-refractivity contribution in [3.05, 3.63) is 41.4 Å². The fraction of sp³-hybridized carbons (Fsp3) is 0.182. The van der Waals surface area contributed by atoms with Gasteiger partial charge >= 0.3 is 0 Å². The molecular weight excluding hydrogens is 224 g/mol. The van der Waals surface area contributed by atoms with Crippen LogP contribution in [0.4, 0.5) is 0 Å². The number of aromatic nitrogens is 1. The lowest BCUT2D eigenvalue weighted by atomic mass is 10.1. The van der Waals surface area contributed by atoms with Gasteiger partial charge in [-0.2, -0.15) is 0 Å². The number of nitrogens with two attached hydrogens (primary N) is 1. The van der Waals surface area contributed by atoms with Gasteiger partial charge in [-0.05, 0) is 24.6 Å². The van der Waals surface area contributed by atoms with Crippen molar-refractivity contribution < 1.29 is 0 Å². The van der Waals surface area contributed by atoms with E-state index in [9.17, 15) is 0 Å². The molecule has 0 radical (unpaired) electrons. The molecule has 15 heavy (non-hydrogen) atoms. The van der Waals surface area contributed by atoms with E-state index in [0.29, 0.717) is 6.54 Å². The van der Waals surface area contributed by atoms with Crippen molar-refractivity contribution in [1.82, 2.24) is 4.98 Å². The smallest absolute Gasteiger partial charge is 0.154 e. The first-order valence-corrected chi connectivity index (χ1v) is 6.45. The molecule has 4 heteroatoms. The Morgan fingerprint density at radius 1 is 1.33 bits per heavy atom. The Labute approximate surface area is 97.5 Å². The maximum absolute atomic E-state index is 5.58. The number of thiazole rings is 1. The topological polar surface area (TPSA) is 38.9 Å². The Morgan fingerprint density at radius 3 is 2.93 bits per heavy atom. The van der Waals surface area contributed by atoms with Gasteiger partial charge in [0, 0.05) is 16.5 Å². The molecule has 2 aromatic rings. The van der Waals surface area contributed by atoms with Crippen LogP contribution in [0.1, 0.15) is 5.56 Å². The van der Waals surface area contributed by atoms with Gasteiger partial charge in [-0.1, -0.05) is 30.0 Å². The van der Waals surface area contributed by atoms with E-state index in [4.69, 9.17) is 5.73 Å². The van der Waals surface area contributed by atoms with E-state index >= 15 is 0 Å². The monoisotopic (exact) mass is 236 g/mol. The van der Waals surface area contributed by atoms with Gasteiger partial charge in [-0.3, -0.25) is 0 Å². The number of hydrogen-bond donors (Lipinski definition) is 1. The second-order valence-corrected chi connectivity index (χ2v) is 5.23. The van der Waals surface area contributed by atoms with Gasteiger partial charge in [0.1, 0.15) is 0 Å². The third-order valence-electron chi connectivity index (χ3n) is 1.99. The first kappa shape index (κ1) is 10.7. The van der Waals surface area contributed by atoms with E-state index in [1.807, 2.05) is 11.6 Å². The minimum Gasteiger partial charge on any atom is -0.330 e. The lowest BCUT2D eigenvalue weighted by molar-refractivity contribution is 0.944. The van der Waals surface area contributed by atoms with Crippen molar-refractivity contribution in [3.63, 3.8) is 0 Å². The zero-order valence-corrected chi connectivity index (χ0v) is 9.85. The molecule has 0 spiro atoms. The van der Waals surface area contributed by atoms with Crippen LogP contribution in [0.15, 0.2) is 45.1 Å². The molecule has 1 aromatic heterocycles. The van der Waals surface area contributed by atoms with Gasteiger partial charge in [0.2, 0.25) is 0 Å². The lowest BCUT2D eigenvalue weighted by Crippen LogP contribution is -2.03. The number of hydrogen-bond acceptors (Lipinski definition) is 4. The van der Waals surface area contributed by atoms with Crippen molar-refractivity contribution >= 4 is 23.1 Å². The minimum absolute atomic E-state index is 0.690. The molecule has 2 N–H and O–H groups in total. The highest BCUT2D eigenvalue weighted by molar-refractivity contribution is 8.01. The molecule has 0 fully saturated rings. The second kappa shape index (κ2) is 5.30. The van der Waals surface area contributed by atoms with Crippen molar-refractivity contribution in [2.45, 2.75) is 15.7 Å². The molecule has 2 rings (SSSR count). The maximum atomic E-state index is 5.58. The van der Waals surface area contributed by atoms with E-state index < -0.39 is 0 Å². The van der Waals surface area contributed by atoms with Gasteiger partial charge in [0.25, 0.3) is 0 Å². The van der Waals surface area contributed by atoms with Crippen molar-refractivity contribution in [1.29, 1.82) is 0 Å². The second-order valence-electron chi connectivity index (χ2n) is 3.05. The Morgan fingerprint density at radius 2 is 2.20 bits per heavy atom. The van der Waals surface area contributed by atoms with Crippen LogP contribution in [-0.4, -0.2) is 11.5 Å². The molecule has 2 nitrogen and oxygen atoms in total. The number of rotatable bonds is 4. The SMILES string of the molecule is NCCc1ccccc1Sc1nccs1. The van der Waals surface area contributed by atoms with Crippen LogP contribution in [0, 0.1) is 0 Å². The van der Waals surface area contributed by atoms with Crippen LogP contribution in [0.3, 0.4) is 0 Å². The van der Waals surface area contributed by atoms with E-state index in [0.717, 1.165) is 10.8 Å². The highest BCUT2D eigenvalue weighted by atomic mass is 32.2. The molecular formula is C11H12N2S2. The predicted molar refractivity (Wildman–Crippen MR) is 65.4 cm³/mol. The molecule has 0 amide bonds. The Bertz CT molecular complexity index is 412. The summed E-state index contributed by atoms with van der Waals surface area (Å²) in [4.78, 5) is 5.52. The van der Waals surface area contributed by atoms with Crippen LogP contribution >= 0.6 is 23.1 Å². The largest absolute Gasteiger partial charge is 0.330 e. The Hall–Kier alpha value is -0.840. The molecule has 0 saturated heterocycles. The summed E-state index contributed by atoms with van der Waals surface area (Å²) in [5.74, 6) is 0. The van der Waals surface area contributed by atoms with Gasteiger partial charge < -0.3 is 5.73 Å². The summed E-state index contributed by atoms with van der Waals surface area (Å²) in [7, 11) is 0. The first-order chi connectivity index (χ1) is 7.40. The molecule has 0 bridgehead atoms. The average Bonchev–Trinajstić information content (AvgIpc) is 2.74. The summed E-state index contributed by atoms with van der Waals surface area (Å²) in [6.45, 7) is 0.690. The molecule has 0 saturated carbocycles. The van der Waals surface area contributed by atoms with E-state index in [2.05, 4.69) is 29.2 Å². The summed E-state index contributed by atoms with van der Waals surface area (Å²) in [5, 5.41) is 1.99. The predicted octanol–water partition coefficient (Wildman–Crippen LogP) is 2.80. The molecule has 0 aliphatic rings. The third-order valence-corrected chi connectivity index (χ3v) is 3.99. The van der Waals surface area contributed by atoms with E-state index in [1.54, 1.807) is 23.1 Å². The highest BCUT2D eigenvalue weighted by Gasteiger charge is 2.04. The van der Waals surface area contributed by atoms with Crippen molar-refractivity contribution in [2.24, 2.45) is 5.73 Å². The normalized spacial score (nSPS) is 10.5. The first-order valence-electron chi connectivity index (χ1n) is 4.75. The van der Waals surface area contributed by atoms with Crippen molar-refractivity contribution in [3.8, 4) is 0 Å². The quantitative estimate of drug-likeness (QED) is 0.887. The summed E-state index contributed by atoms with van der Waals surface area (Å²) >= 11 is 3.38.